The first-order chi connectivity index (χ1) is 28.1. The summed E-state index contributed by atoms with van der Waals surface area (Å²) in [6, 6.07) is 26.2. The Hall–Kier alpha value is -6.58. The van der Waals surface area contributed by atoms with Gasteiger partial charge in [-0.25, -0.2) is 33.1 Å². The van der Waals surface area contributed by atoms with Crippen LogP contribution in [0.3, 0.4) is 0 Å². The van der Waals surface area contributed by atoms with Crippen molar-refractivity contribution in [3.63, 3.8) is 0 Å². The number of aromatic nitrogens is 6. The summed E-state index contributed by atoms with van der Waals surface area (Å²) in [5, 5.41) is 16.2. The molecule has 0 aliphatic carbocycles. The van der Waals surface area contributed by atoms with Gasteiger partial charge in [0.1, 0.15) is 0 Å². The van der Waals surface area contributed by atoms with Crippen molar-refractivity contribution in [3.8, 4) is 0 Å². The van der Waals surface area contributed by atoms with Gasteiger partial charge in [0.25, 0.3) is 0 Å². The number of nitrogens with zero attached hydrogens (tertiary/aromatic N) is 6. The average molecular weight is 842 g/mol. The number of Topliss-reactive ketones (excluding diaryl/α,β-unsaturated/α-hetero) is 1. The monoisotopic (exact) mass is 840 g/mol. The maximum atomic E-state index is 13.1. The molecule has 17 heteroatoms. The van der Waals surface area contributed by atoms with E-state index in [9.17, 15) is 28.8 Å². The third-order valence-corrected chi connectivity index (χ3v) is 9.42. The van der Waals surface area contributed by atoms with E-state index in [-0.39, 0.29) is 48.4 Å². The Morgan fingerprint density at radius 3 is 1.27 bits per heavy atom. The highest BCUT2D eigenvalue weighted by atomic mass is 35.5. The van der Waals surface area contributed by atoms with Crippen LogP contribution in [-0.4, -0.2) is 45.1 Å². The molecular formula is C42H42Cl2N8O7. The summed E-state index contributed by atoms with van der Waals surface area (Å²) >= 11 is 11.9. The van der Waals surface area contributed by atoms with Gasteiger partial charge in [0.05, 0.1) is 18.7 Å². The molecule has 59 heavy (non-hydrogen) atoms. The molecule has 6 aromatic rings. The third-order valence-electron chi connectivity index (χ3n) is 8.91. The van der Waals surface area contributed by atoms with Crippen LogP contribution in [0.15, 0.2) is 116 Å². The first kappa shape index (κ1) is 43.5. The molecule has 15 nitrogen and oxygen atoms in total. The van der Waals surface area contributed by atoms with Crippen LogP contribution in [-0.2, 0) is 13.1 Å². The standard InChI is InChI=1S/C22H23ClN4O3.C20H19ClN4O4/c1-4-19(28)16-7-11-18(12-8-16)24-20-25-21(29)27(14(2)3)22(30)26(20)13-15-5-9-17(23)10-6-15;1-12(2)25-19(28)23-18(22-16-9-5-14(6-10-16)17(26)27)24(20(25)29)11-13-3-7-15(21)8-4-13/h5-12,14H,4,13H2,1-3H3,(H,24,25,29);3-10,12H,11H2,1-2H3,(H,26,27)(H,22,23,28). The van der Waals surface area contributed by atoms with Gasteiger partial charge in [-0.15, -0.1) is 0 Å². The highest BCUT2D eigenvalue weighted by Gasteiger charge is 2.18. The van der Waals surface area contributed by atoms with E-state index in [2.05, 4.69) is 20.6 Å². The van der Waals surface area contributed by atoms with Crippen molar-refractivity contribution in [2.24, 2.45) is 0 Å². The quantitative estimate of drug-likeness (QED) is 0.100. The minimum atomic E-state index is -1.05. The predicted molar refractivity (Wildman–Crippen MR) is 228 cm³/mol. The average Bonchev–Trinajstić information content (AvgIpc) is 3.19. The van der Waals surface area contributed by atoms with Gasteiger partial charge in [0.2, 0.25) is 11.9 Å². The molecule has 0 amide bonds. The number of aromatic carboxylic acids is 1. The topological polar surface area (TPSA) is 192 Å². The molecule has 2 aromatic heterocycles. The van der Waals surface area contributed by atoms with Crippen molar-refractivity contribution in [1.82, 2.24) is 28.2 Å². The summed E-state index contributed by atoms with van der Waals surface area (Å²) in [5.74, 6) is -0.811. The second-order valence-corrected chi connectivity index (χ2v) is 14.7. The maximum absolute atomic E-state index is 13.1. The number of carbonyl (C=O) groups excluding carboxylic acids is 1. The number of carbonyl (C=O) groups is 2. The fourth-order valence-electron chi connectivity index (χ4n) is 5.82. The summed E-state index contributed by atoms with van der Waals surface area (Å²) in [4.78, 5) is 81.9. The van der Waals surface area contributed by atoms with Gasteiger partial charge in [-0.2, -0.15) is 9.97 Å². The van der Waals surface area contributed by atoms with Crippen molar-refractivity contribution < 1.29 is 14.7 Å². The van der Waals surface area contributed by atoms with Gasteiger partial charge in [-0.05, 0) is 112 Å². The Balaban J connectivity index is 0.000000224. The normalized spacial score (nSPS) is 10.9. The highest BCUT2D eigenvalue weighted by Crippen LogP contribution is 2.19. The van der Waals surface area contributed by atoms with Crippen LogP contribution in [0.1, 0.15) is 85.0 Å². The Bertz CT molecular complexity index is 2690. The number of benzene rings is 4. The van der Waals surface area contributed by atoms with Crippen molar-refractivity contribution in [2.45, 2.75) is 66.2 Å². The molecule has 0 fully saturated rings. The third kappa shape index (κ3) is 10.9. The largest absolute Gasteiger partial charge is 0.478 e. The van der Waals surface area contributed by atoms with E-state index in [4.69, 9.17) is 28.3 Å². The number of hydrogen-bond donors (Lipinski definition) is 3. The SMILES string of the molecule is CC(C)n1c(=O)nc(Nc2ccc(C(=O)O)cc2)n(Cc2ccc(Cl)cc2)c1=O.CCC(=O)c1ccc(Nc2nc(=O)n(C(C)C)c(=O)n2Cc2ccc(Cl)cc2)cc1. The zero-order valence-electron chi connectivity index (χ0n) is 32.8. The summed E-state index contributed by atoms with van der Waals surface area (Å²) in [6.07, 6.45) is 0.419. The molecular weight excluding hydrogens is 799 g/mol. The lowest BCUT2D eigenvalue weighted by atomic mass is 10.1. The van der Waals surface area contributed by atoms with Crippen LogP contribution < -0.4 is 33.4 Å². The van der Waals surface area contributed by atoms with Crippen molar-refractivity contribution in [2.75, 3.05) is 10.6 Å². The van der Waals surface area contributed by atoms with E-state index < -0.39 is 28.7 Å². The fourth-order valence-corrected chi connectivity index (χ4v) is 6.07. The Morgan fingerprint density at radius 1 is 0.593 bits per heavy atom. The summed E-state index contributed by atoms with van der Waals surface area (Å²) in [5.41, 5.74) is 1.22. The molecule has 0 atom stereocenters. The summed E-state index contributed by atoms with van der Waals surface area (Å²) < 4.78 is 4.96. The van der Waals surface area contributed by atoms with E-state index in [1.165, 1.54) is 33.4 Å². The van der Waals surface area contributed by atoms with Gasteiger partial charge in [0.15, 0.2) is 5.78 Å². The zero-order valence-corrected chi connectivity index (χ0v) is 34.4. The first-order valence-corrected chi connectivity index (χ1v) is 19.3. The number of ketones is 1. The number of halogens is 2. The van der Waals surface area contributed by atoms with Crippen LogP contribution in [0.25, 0.3) is 0 Å². The Labute approximate surface area is 348 Å². The Kier molecular flexibility index (Phi) is 14.2. The molecule has 0 bridgehead atoms. The first-order valence-electron chi connectivity index (χ1n) is 18.5. The fraction of sp³-hybridized carbons (Fsp3) is 0.238. The van der Waals surface area contributed by atoms with E-state index in [0.717, 1.165) is 20.3 Å². The van der Waals surface area contributed by atoms with Gasteiger partial charge in [0, 0.05) is 45.5 Å². The molecule has 0 unspecified atom stereocenters. The molecule has 6 rings (SSSR count). The summed E-state index contributed by atoms with van der Waals surface area (Å²) in [6.45, 7) is 9.17. The molecule has 3 N–H and O–H groups in total. The molecule has 0 radical (unpaired) electrons. The molecule has 2 heterocycles. The minimum Gasteiger partial charge on any atom is -0.478 e. The van der Waals surface area contributed by atoms with Gasteiger partial charge < -0.3 is 15.7 Å². The van der Waals surface area contributed by atoms with Crippen LogP contribution in [0.5, 0.6) is 0 Å². The van der Waals surface area contributed by atoms with Gasteiger partial charge >= 0.3 is 28.7 Å². The summed E-state index contributed by atoms with van der Waals surface area (Å²) in [7, 11) is 0. The lowest BCUT2D eigenvalue weighted by Gasteiger charge is -2.17. The van der Waals surface area contributed by atoms with Crippen molar-refractivity contribution in [1.29, 1.82) is 0 Å². The van der Waals surface area contributed by atoms with Gasteiger partial charge in [-0.1, -0.05) is 54.4 Å². The molecule has 0 saturated carbocycles. The second kappa shape index (κ2) is 19.2. The predicted octanol–water partition coefficient (Wildman–Crippen LogP) is 7.15. The number of hydrogen-bond acceptors (Lipinski definition) is 10. The minimum absolute atomic E-state index is 0.0406. The van der Waals surface area contributed by atoms with E-state index >= 15 is 0 Å². The maximum Gasteiger partial charge on any atom is 0.355 e. The number of carboxylic acids is 1. The lowest BCUT2D eigenvalue weighted by Crippen LogP contribution is -2.43. The van der Waals surface area contributed by atoms with Crippen LogP contribution in [0.2, 0.25) is 10.0 Å². The van der Waals surface area contributed by atoms with Crippen LogP contribution in [0, 0.1) is 0 Å². The molecule has 306 valence electrons. The van der Waals surface area contributed by atoms with Crippen molar-refractivity contribution >= 4 is 58.2 Å². The lowest BCUT2D eigenvalue weighted by molar-refractivity contribution is 0.0696. The number of rotatable bonds is 13. The molecule has 0 spiro atoms. The van der Waals surface area contributed by atoms with Crippen LogP contribution in [0.4, 0.5) is 23.3 Å². The van der Waals surface area contributed by atoms with Crippen molar-refractivity contribution in [3.05, 3.63) is 171 Å². The van der Waals surface area contributed by atoms with E-state index in [1.54, 1.807) is 95.3 Å². The molecule has 0 saturated heterocycles. The Morgan fingerprint density at radius 2 is 0.949 bits per heavy atom. The van der Waals surface area contributed by atoms with Gasteiger partial charge in [-0.3, -0.25) is 13.9 Å². The number of nitrogens with one attached hydrogen (secondary N) is 2. The number of carboxylic acid groups (broad SMARTS) is 1. The molecule has 0 aliphatic heterocycles. The van der Waals surface area contributed by atoms with Crippen LogP contribution >= 0.6 is 23.2 Å². The number of anilines is 4. The zero-order chi connectivity index (χ0) is 43.0. The van der Waals surface area contributed by atoms with E-state index in [0.29, 0.717) is 33.4 Å². The highest BCUT2D eigenvalue weighted by molar-refractivity contribution is 6.30. The smallest absolute Gasteiger partial charge is 0.355 e. The van der Waals surface area contributed by atoms with E-state index in [1.807, 2.05) is 12.1 Å². The molecule has 4 aromatic carbocycles. The second-order valence-electron chi connectivity index (χ2n) is 13.8. The molecule has 0 aliphatic rings.